The summed E-state index contributed by atoms with van der Waals surface area (Å²) >= 11 is 0. The van der Waals surface area contributed by atoms with Crippen LogP contribution in [0.25, 0.3) is 0 Å². The zero-order valence-electron chi connectivity index (χ0n) is 14.2. The van der Waals surface area contributed by atoms with Crippen LogP contribution in [-0.2, 0) is 9.59 Å². The Balaban J connectivity index is 1.27. The standard InChI is InChI=1S/C19H30N2O2/c22-18(14-6-2-1-3-7-14)20-10-12-21(13-11-20)19(23)17-15-8-4-5-9-16(15)17/h14-17H,1-13H2/t15-,16-/m0/s1. The van der Waals surface area contributed by atoms with Crippen LogP contribution in [0.1, 0.15) is 57.8 Å². The molecule has 0 aromatic rings. The van der Waals surface area contributed by atoms with Gasteiger partial charge in [0.05, 0.1) is 0 Å². The van der Waals surface area contributed by atoms with E-state index < -0.39 is 0 Å². The SMILES string of the molecule is O=C(C1CCCCC1)N1CCN(C(=O)C2[C@H]3CCCC[C@H]23)CC1. The fraction of sp³-hybridized carbons (Fsp3) is 0.895. The molecule has 2 amide bonds. The van der Waals surface area contributed by atoms with Gasteiger partial charge in [-0.25, -0.2) is 0 Å². The Bertz CT molecular complexity index is 452. The van der Waals surface area contributed by atoms with Gasteiger partial charge in [-0.2, -0.15) is 0 Å². The maximum Gasteiger partial charge on any atom is 0.226 e. The highest BCUT2D eigenvalue weighted by Crippen LogP contribution is 2.56. The number of carbonyl (C=O) groups is 2. The van der Waals surface area contributed by atoms with Gasteiger partial charge in [-0.05, 0) is 37.5 Å². The molecule has 4 heteroatoms. The molecule has 2 atom stereocenters. The molecule has 0 aromatic carbocycles. The summed E-state index contributed by atoms with van der Waals surface area (Å²) in [5, 5.41) is 0. The van der Waals surface area contributed by atoms with Crippen LogP contribution in [0.15, 0.2) is 0 Å². The Morgan fingerprint density at radius 1 is 0.609 bits per heavy atom. The number of amides is 2. The summed E-state index contributed by atoms with van der Waals surface area (Å²) in [7, 11) is 0. The van der Waals surface area contributed by atoms with Gasteiger partial charge in [-0.15, -0.1) is 0 Å². The third kappa shape index (κ3) is 3.01. The third-order valence-electron chi connectivity index (χ3n) is 6.80. The highest BCUT2D eigenvalue weighted by atomic mass is 16.2. The van der Waals surface area contributed by atoms with Crippen molar-refractivity contribution in [3.05, 3.63) is 0 Å². The minimum atomic E-state index is 0.261. The van der Waals surface area contributed by atoms with E-state index in [4.69, 9.17) is 0 Å². The molecule has 3 saturated carbocycles. The molecule has 0 spiro atoms. The van der Waals surface area contributed by atoms with Crippen LogP contribution < -0.4 is 0 Å². The van der Waals surface area contributed by atoms with Gasteiger partial charge in [0.1, 0.15) is 0 Å². The van der Waals surface area contributed by atoms with Gasteiger partial charge >= 0.3 is 0 Å². The monoisotopic (exact) mass is 318 g/mol. The number of rotatable bonds is 2. The zero-order chi connectivity index (χ0) is 15.8. The second-order valence-electron chi connectivity index (χ2n) is 8.12. The quantitative estimate of drug-likeness (QED) is 0.785. The van der Waals surface area contributed by atoms with Crippen molar-refractivity contribution < 1.29 is 9.59 Å². The fourth-order valence-electron chi connectivity index (χ4n) is 5.32. The van der Waals surface area contributed by atoms with E-state index in [1.165, 1.54) is 44.9 Å². The van der Waals surface area contributed by atoms with E-state index in [1.54, 1.807) is 0 Å². The molecule has 4 nitrogen and oxygen atoms in total. The Kier molecular flexibility index (Phi) is 4.33. The number of carbonyl (C=O) groups excluding carboxylic acids is 2. The van der Waals surface area contributed by atoms with Crippen molar-refractivity contribution >= 4 is 11.8 Å². The molecule has 4 aliphatic rings. The minimum Gasteiger partial charge on any atom is -0.339 e. The molecule has 0 radical (unpaired) electrons. The van der Waals surface area contributed by atoms with E-state index in [0.29, 0.717) is 29.6 Å². The van der Waals surface area contributed by atoms with Crippen molar-refractivity contribution in [2.24, 2.45) is 23.7 Å². The van der Waals surface area contributed by atoms with Gasteiger partial charge in [-0.3, -0.25) is 9.59 Å². The van der Waals surface area contributed by atoms with Gasteiger partial charge in [0.15, 0.2) is 0 Å². The molecule has 0 unspecified atom stereocenters. The Morgan fingerprint density at radius 3 is 1.65 bits per heavy atom. The molecule has 128 valence electrons. The first-order valence-corrected chi connectivity index (χ1v) is 9.83. The van der Waals surface area contributed by atoms with Crippen LogP contribution in [0, 0.1) is 23.7 Å². The molecule has 1 heterocycles. The highest BCUT2D eigenvalue weighted by molar-refractivity contribution is 5.83. The summed E-state index contributed by atoms with van der Waals surface area (Å²) in [6.45, 7) is 3.02. The van der Waals surface area contributed by atoms with E-state index in [0.717, 1.165) is 39.0 Å². The summed E-state index contributed by atoms with van der Waals surface area (Å²) in [5.41, 5.74) is 0. The van der Waals surface area contributed by atoms with E-state index in [9.17, 15) is 9.59 Å². The molecule has 4 fully saturated rings. The minimum absolute atomic E-state index is 0.261. The number of hydrogen-bond acceptors (Lipinski definition) is 2. The summed E-state index contributed by atoms with van der Waals surface area (Å²) in [6.07, 6.45) is 11.0. The number of hydrogen-bond donors (Lipinski definition) is 0. The summed E-state index contributed by atoms with van der Waals surface area (Å²) < 4.78 is 0. The van der Waals surface area contributed by atoms with Crippen molar-refractivity contribution in [2.75, 3.05) is 26.2 Å². The predicted molar refractivity (Wildman–Crippen MR) is 88.7 cm³/mol. The molecule has 1 saturated heterocycles. The van der Waals surface area contributed by atoms with Crippen molar-refractivity contribution in [1.29, 1.82) is 0 Å². The number of nitrogens with zero attached hydrogens (tertiary/aromatic N) is 2. The molecule has 3 aliphatic carbocycles. The second kappa shape index (κ2) is 6.45. The van der Waals surface area contributed by atoms with Crippen LogP contribution in [0.5, 0.6) is 0 Å². The maximum absolute atomic E-state index is 12.7. The van der Waals surface area contributed by atoms with Crippen molar-refractivity contribution in [1.82, 2.24) is 9.80 Å². The zero-order valence-corrected chi connectivity index (χ0v) is 14.2. The topological polar surface area (TPSA) is 40.6 Å². The summed E-state index contributed by atoms with van der Waals surface area (Å²) in [5.74, 6) is 2.73. The first-order chi connectivity index (χ1) is 11.3. The van der Waals surface area contributed by atoms with Crippen LogP contribution in [0.3, 0.4) is 0 Å². The van der Waals surface area contributed by atoms with Crippen LogP contribution in [-0.4, -0.2) is 47.8 Å². The van der Waals surface area contributed by atoms with E-state index in [-0.39, 0.29) is 5.92 Å². The van der Waals surface area contributed by atoms with Gasteiger partial charge in [0.2, 0.25) is 11.8 Å². The molecule has 0 bridgehead atoms. The van der Waals surface area contributed by atoms with Crippen LogP contribution in [0.2, 0.25) is 0 Å². The smallest absolute Gasteiger partial charge is 0.226 e. The molecule has 0 aromatic heterocycles. The molecule has 4 rings (SSSR count). The van der Waals surface area contributed by atoms with Crippen molar-refractivity contribution in [3.8, 4) is 0 Å². The lowest BCUT2D eigenvalue weighted by atomic mass is 9.88. The van der Waals surface area contributed by atoms with E-state index in [1.807, 2.05) is 9.80 Å². The van der Waals surface area contributed by atoms with Gasteiger partial charge in [-0.1, -0.05) is 32.1 Å². The normalized spacial score (nSPS) is 34.9. The first-order valence-electron chi connectivity index (χ1n) is 9.83. The van der Waals surface area contributed by atoms with Crippen LogP contribution in [0.4, 0.5) is 0 Å². The fourth-order valence-corrected chi connectivity index (χ4v) is 5.32. The molecule has 23 heavy (non-hydrogen) atoms. The van der Waals surface area contributed by atoms with Crippen molar-refractivity contribution in [3.63, 3.8) is 0 Å². The maximum atomic E-state index is 12.7. The van der Waals surface area contributed by atoms with Gasteiger partial charge in [0.25, 0.3) is 0 Å². The van der Waals surface area contributed by atoms with Crippen LogP contribution >= 0.6 is 0 Å². The second-order valence-corrected chi connectivity index (χ2v) is 8.12. The lowest BCUT2D eigenvalue weighted by molar-refractivity contribution is -0.143. The lowest BCUT2D eigenvalue weighted by Gasteiger charge is -2.37. The van der Waals surface area contributed by atoms with E-state index in [2.05, 4.69) is 0 Å². The molecule has 0 N–H and O–H groups in total. The van der Waals surface area contributed by atoms with Crippen molar-refractivity contribution in [2.45, 2.75) is 57.8 Å². The average Bonchev–Trinajstić information content (AvgIpc) is 3.36. The molecular weight excluding hydrogens is 288 g/mol. The highest BCUT2D eigenvalue weighted by Gasteiger charge is 2.55. The Hall–Kier alpha value is -1.06. The Labute approximate surface area is 139 Å². The lowest BCUT2D eigenvalue weighted by Crippen LogP contribution is -2.52. The molecular formula is C19H30N2O2. The Morgan fingerprint density at radius 2 is 1.09 bits per heavy atom. The third-order valence-corrected chi connectivity index (χ3v) is 6.80. The summed E-state index contributed by atoms with van der Waals surface area (Å²) in [6, 6.07) is 0. The first kappa shape index (κ1) is 15.5. The predicted octanol–water partition coefficient (Wildman–Crippen LogP) is 2.67. The van der Waals surface area contributed by atoms with Gasteiger partial charge < -0.3 is 9.80 Å². The summed E-state index contributed by atoms with van der Waals surface area (Å²) in [4.78, 5) is 29.4. The van der Waals surface area contributed by atoms with E-state index >= 15 is 0 Å². The van der Waals surface area contributed by atoms with Gasteiger partial charge in [0, 0.05) is 38.0 Å². The largest absolute Gasteiger partial charge is 0.339 e. The number of piperazine rings is 1. The number of fused-ring (bicyclic) bond motifs is 1. The average molecular weight is 318 g/mol. The molecule has 1 aliphatic heterocycles.